The van der Waals surface area contributed by atoms with E-state index < -0.39 is 0 Å². The van der Waals surface area contributed by atoms with E-state index in [1.807, 2.05) is 0 Å². The minimum absolute atomic E-state index is 0.0312. The molecule has 0 aliphatic carbocycles. The molecule has 0 bridgehead atoms. The van der Waals surface area contributed by atoms with Crippen LogP contribution in [0.3, 0.4) is 0 Å². The summed E-state index contributed by atoms with van der Waals surface area (Å²) in [5.74, 6) is 0.455. The number of piperidine rings is 1. The second-order valence-corrected chi connectivity index (χ2v) is 4.53. The van der Waals surface area contributed by atoms with Crippen molar-refractivity contribution in [3.63, 3.8) is 0 Å². The van der Waals surface area contributed by atoms with Crippen LogP contribution in [-0.4, -0.2) is 28.5 Å². The van der Waals surface area contributed by atoms with Crippen LogP contribution >= 0.6 is 15.9 Å². The molecular weight excluding hydrogens is 272 g/mol. The molecule has 0 saturated carbocycles. The summed E-state index contributed by atoms with van der Waals surface area (Å²) in [7, 11) is 0. The third-order valence-corrected chi connectivity index (χ3v) is 2.91. The van der Waals surface area contributed by atoms with Gasteiger partial charge in [-0.15, -0.1) is 0 Å². The van der Waals surface area contributed by atoms with E-state index in [1.54, 1.807) is 6.20 Å². The van der Waals surface area contributed by atoms with Crippen molar-refractivity contribution in [1.82, 2.24) is 15.3 Å². The van der Waals surface area contributed by atoms with E-state index in [4.69, 9.17) is 0 Å². The molecule has 1 aromatic heterocycles. The Labute approximate surface area is 102 Å². The summed E-state index contributed by atoms with van der Waals surface area (Å²) < 4.78 is 0.654. The smallest absolute Gasteiger partial charge is 0.242 e. The second-order valence-electron chi connectivity index (χ2n) is 3.72. The van der Waals surface area contributed by atoms with E-state index in [0.29, 0.717) is 10.4 Å². The molecular formula is C10H13BrN4O. The first kappa shape index (κ1) is 11.5. The molecule has 86 valence electrons. The van der Waals surface area contributed by atoms with Crippen molar-refractivity contribution < 1.29 is 4.79 Å². The highest BCUT2D eigenvalue weighted by Crippen LogP contribution is 2.10. The topological polar surface area (TPSA) is 66.9 Å². The molecule has 0 spiro atoms. The van der Waals surface area contributed by atoms with E-state index in [-0.39, 0.29) is 11.9 Å². The maximum absolute atomic E-state index is 11.8. The van der Waals surface area contributed by atoms with Gasteiger partial charge in [-0.05, 0) is 35.3 Å². The molecule has 2 heterocycles. The number of nitrogens with one attached hydrogen (secondary N) is 2. The van der Waals surface area contributed by atoms with E-state index in [0.717, 1.165) is 25.8 Å². The van der Waals surface area contributed by atoms with Crippen LogP contribution in [-0.2, 0) is 4.79 Å². The minimum atomic E-state index is -0.0980. The number of hydrogen-bond acceptors (Lipinski definition) is 4. The lowest BCUT2D eigenvalue weighted by atomic mass is 10.0. The first-order valence-electron chi connectivity index (χ1n) is 5.27. The van der Waals surface area contributed by atoms with Gasteiger partial charge in [0.25, 0.3) is 0 Å². The molecule has 1 aliphatic heterocycles. The summed E-state index contributed by atoms with van der Waals surface area (Å²) in [6, 6.07) is -0.0980. The van der Waals surface area contributed by atoms with Crippen molar-refractivity contribution in [1.29, 1.82) is 0 Å². The van der Waals surface area contributed by atoms with Gasteiger partial charge in [0, 0.05) is 0 Å². The van der Waals surface area contributed by atoms with Crippen molar-refractivity contribution >= 4 is 27.7 Å². The summed E-state index contributed by atoms with van der Waals surface area (Å²) in [6.07, 6.45) is 6.21. The lowest BCUT2D eigenvalue weighted by Gasteiger charge is -2.22. The van der Waals surface area contributed by atoms with Crippen LogP contribution in [0, 0.1) is 0 Å². The first-order chi connectivity index (χ1) is 7.75. The Kier molecular flexibility index (Phi) is 3.84. The number of rotatable bonds is 2. The molecule has 2 rings (SSSR count). The minimum Gasteiger partial charge on any atom is -0.308 e. The molecule has 16 heavy (non-hydrogen) atoms. The van der Waals surface area contributed by atoms with Crippen molar-refractivity contribution in [3.05, 3.63) is 17.0 Å². The maximum Gasteiger partial charge on any atom is 0.242 e. The number of carbonyl (C=O) groups is 1. The van der Waals surface area contributed by atoms with Gasteiger partial charge in [0.1, 0.15) is 4.60 Å². The number of nitrogens with zero attached hydrogens (tertiary/aromatic N) is 2. The third-order valence-electron chi connectivity index (χ3n) is 2.50. The largest absolute Gasteiger partial charge is 0.308 e. The Bertz CT molecular complexity index is 362. The van der Waals surface area contributed by atoms with Gasteiger partial charge in [-0.1, -0.05) is 6.42 Å². The van der Waals surface area contributed by atoms with E-state index in [9.17, 15) is 4.79 Å². The average molecular weight is 285 g/mol. The van der Waals surface area contributed by atoms with Crippen molar-refractivity contribution in [3.8, 4) is 0 Å². The number of hydrogen-bond donors (Lipinski definition) is 2. The van der Waals surface area contributed by atoms with Crippen molar-refractivity contribution in [2.24, 2.45) is 0 Å². The van der Waals surface area contributed by atoms with Crippen LogP contribution in [0.5, 0.6) is 0 Å². The monoisotopic (exact) mass is 284 g/mol. The van der Waals surface area contributed by atoms with Crippen LogP contribution in [0.2, 0.25) is 0 Å². The van der Waals surface area contributed by atoms with Crippen LogP contribution in [0.25, 0.3) is 0 Å². The molecule has 2 N–H and O–H groups in total. The van der Waals surface area contributed by atoms with E-state index in [2.05, 4.69) is 36.5 Å². The highest BCUT2D eigenvalue weighted by molar-refractivity contribution is 9.10. The molecule has 1 amide bonds. The fourth-order valence-electron chi connectivity index (χ4n) is 1.67. The molecule has 6 heteroatoms. The average Bonchev–Trinajstić information content (AvgIpc) is 2.33. The SMILES string of the molecule is O=C(Nc1cnc(Br)cn1)[C@@H]1CCCCN1. The molecule has 0 unspecified atom stereocenters. The number of amides is 1. The van der Waals surface area contributed by atoms with Crippen LogP contribution < -0.4 is 10.6 Å². The van der Waals surface area contributed by atoms with Crippen LogP contribution in [0.1, 0.15) is 19.3 Å². The van der Waals surface area contributed by atoms with Gasteiger partial charge in [-0.3, -0.25) is 4.79 Å². The predicted octanol–water partition coefficient (Wildman–Crippen LogP) is 1.32. The fourth-order valence-corrected chi connectivity index (χ4v) is 1.87. The number of aromatic nitrogens is 2. The van der Waals surface area contributed by atoms with E-state index in [1.165, 1.54) is 6.20 Å². The van der Waals surface area contributed by atoms with Gasteiger partial charge in [0.15, 0.2) is 5.82 Å². The molecule has 0 aromatic carbocycles. The lowest BCUT2D eigenvalue weighted by Crippen LogP contribution is -2.43. The molecule has 0 radical (unpaired) electrons. The number of carbonyl (C=O) groups excluding carboxylic acids is 1. The Morgan fingerprint density at radius 1 is 1.44 bits per heavy atom. The number of anilines is 1. The molecule has 1 saturated heterocycles. The summed E-state index contributed by atoms with van der Waals surface area (Å²) >= 11 is 3.19. The Morgan fingerprint density at radius 3 is 2.94 bits per heavy atom. The van der Waals surface area contributed by atoms with Gasteiger partial charge in [-0.2, -0.15) is 0 Å². The summed E-state index contributed by atoms with van der Waals surface area (Å²) in [4.78, 5) is 19.8. The van der Waals surface area contributed by atoms with Gasteiger partial charge in [-0.25, -0.2) is 9.97 Å². The molecule has 1 aliphatic rings. The highest BCUT2D eigenvalue weighted by Gasteiger charge is 2.20. The second kappa shape index (κ2) is 5.36. The third kappa shape index (κ3) is 2.99. The Hall–Kier alpha value is -1.01. The quantitative estimate of drug-likeness (QED) is 0.860. The normalized spacial score (nSPS) is 20.4. The maximum atomic E-state index is 11.8. The lowest BCUT2D eigenvalue weighted by molar-refractivity contribution is -0.118. The zero-order valence-electron chi connectivity index (χ0n) is 8.74. The Balaban J connectivity index is 1.93. The van der Waals surface area contributed by atoms with Crippen molar-refractivity contribution in [2.75, 3.05) is 11.9 Å². The predicted molar refractivity (Wildman–Crippen MR) is 64.0 cm³/mol. The van der Waals surface area contributed by atoms with Gasteiger partial charge >= 0.3 is 0 Å². The zero-order chi connectivity index (χ0) is 11.4. The van der Waals surface area contributed by atoms with Crippen LogP contribution in [0.4, 0.5) is 5.82 Å². The molecule has 1 aromatic rings. The van der Waals surface area contributed by atoms with Gasteiger partial charge in [0.2, 0.25) is 5.91 Å². The molecule has 1 fully saturated rings. The molecule has 5 nitrogen and oxygen atoms in total. The highest BCUT2D eigenvalue weighted by atomic mass is 79.9. The molecule has 1 atom stereocenters. The van der Waals surface area contributed by atoms with Gasteiger partial charge in [0.05, 0.1) is 18.4 Å². The Morgan fingerprint density at radius 2 is 2.31 bits per heavy atom. The first-order valence-corrected chi connectivity index (χ1v) is 6.07. The van der Waals surface area contributed by atoms with Gasteiger partial charge < -0.3 is 10.6 Å². The zero-order valence-corrected chi connectivity index (χ0v) is 10.3. The number of halogens is 1. The van der Waals surface area contributed by atoms with Crippen molar-refractivity contribution in [2.45, 2.75) is 25.3 Å². The summed E-state index contributed by atoms with van der Waals surface area (Å²) in [5.41, 5.74) is 0. The summed E-state index contributed by atoms with van der Waals surface area (Å²) in [6.45, 7) is 0.907. The van der Waals surface area contributed by atoms with E-state index >= 15 is 0 Å². The summed E-state index contributed by atoms with van der Waals surface area (Å²) in [5, 5.41) is 5.92. The van der Waals surface area contributed by atoms with Crippen LogP contribution in [0.15, 0.2) is 17.0 Å². The standard InChI is InChI=1S/C10H13BrN4O/c11-8-5-14-9(6-13-8)15-10(16)7-3-1-2-4-12-7/h5-7,12H,1-4H2,(H,14,15,16)/t7-/m0/s1. The fraction of sp³-hybridized carbons (Fsp3) is 0.500.